The van der Waals surface area contributed by atoms with Crippen LogP contribution in [0.4, 0.5) is 0 Å². The fraction of sp³-hybridized carbons (Fsp3) is 0.382. The first-order chi connectivity index (χ1) is 22.9. The quantitative estimate of drug-likeness (QED) is 0.223. The molecule has 5 rings (SSSR count). The highest BCUT2D eigenvalue weighted by molar-refractivity contribution is 5.90. The lowest BCUT2D eigenvalue weighted by Crippen LogP contribution is -2.50. The number of hydrogen-bond donors (Lipinski definition) is 4. The zero-order chi connectivity index (χ0) is 35.1. The number of carbonyl (C=O) groups is 5. The molecule has 2 aromatic rings. The second-order valence-corrected chi connectivity index (χ2v) is 10.9. The van der Waals surface area contributed by atoms with Crippen LogP contribution in [-0.2, 0) is 56.8 Å². The first-order valence-electron chi connectivity index (χ1n) is 15.3. The van der Waals surface area contributed by atoms with Crippen molar-refractivity contribution < 1.29 is 58.6 Å². The van der Waals surface area contributed by atoms with Crippen molar-refractivity contribution >= 4 is 29.8 Å². The lowest BCUT2D eigenvalue weighted by atomic mass is 9.93. The predicted octanol–water partition coefficient (Wildman–Crippen LogP) is 2.01. The number of aryl methyl sites for hydroxylation is 2. The largest absolute Gasteiger partial charge is 0.478 e. The second-order valence-electron chi connectivity index (χ2n) is 10.9. The van der Waals surface area contributed by atoms with Crippen LogP contribution in [-0.4, -0.2) is 119 Å². The Balaban J connectivity index is 0.000000325. The highest BCUT2D eigenvalue weighted by atomic mass is 16.7. The maximum Gasteiger partial charge on any atom is 0.328 e. The predicted molar refractivity (Wildman–Crippen MR) is 170 cm³/mol. The van der Waals surface area contributed by atoms with Crippen molar-refractivity contribution in [1.82, 2.24) is 9.80 Å². The topological polar surface area (TPSA) is 200 Å². The number of carbonyl (C=O) groups excluding carboxylic acids is 1. The summed E-state index contributed by atoms with van der Waals surface area (Å²) in [6, 6.07) is 17.1. The van der Waals surface area contributed by atoms with Gasteiger partial charge in [-0.2, -0.15) is 0 Å². The van der Waals surface area contributed by atoms with Crippen LogP contribution in [0.25, 0.3) is 0 Å². The normalized spacial score (nSPS) is 18.4. The second kappa shape index (κ2) is 18.4. The van der Waals surface area contributed by atoms with Crippen molar-refractivity contribution in [2.24, 2.45) is 0 Å². The highest BCUT2D eigenvalue weighted by Crippen LogP contribution is 2.45. The monoisotopic (exact) mass is 668 g/mol. The molecule has 0 saturated carbocycles. The van der Waals surface area contributed by atoms with E-state index in [-0.39, 0.29) is 12.1 Å². The van der Waals surface area contributed by atoms with Crippen molar-refractivity contribution in [3.05, 3.63) is 95.1 Å². The van der Waals surface area contributed by atoms with Gasteiger partial charge in [-0.1, -0.05) is 48.5 Å². The maximum atomic E-state index is 11.8. The fourth-order valence-electron chi connectivity index (χ4n) is 5.51. The Morgan fingerprint density at radius 2 is 1.19 bits per heavy atom. The summed E-state index contributed by atoms with van der Waals surface area (Å²) in [7, 11) is 0. The van der Waals surface area contributed by atoms with Crippen molar-refractivity contribution in [1.29, 1.82) is 0 Å². The molecule has 4 N–H and O–H groups in total. The summed E-state index contributed by atoms with van der Waals surface area (Å²) in [6.45, 7) is 7.63. The van der Waals surface area contributed by atoms with Crippen molar-refractivity contribution in [2.75, 3.05) is 52.5 Å². The molecule has 0 aromatic heterocycles. The fourth-order valence-corrected chi connectivity index (χ4v) is 5.51. The third-order valence-corrected chi connectivity index (χ3v) is 7.53. The number of carboxylic acids is 4. The van der Waals surface area contributed by atoms with Crippen LogP contribution in [0.3, 0.4) is 0 Å². The van der Waals surface area contributed by atoms with Crippen LogP contribution in [0, 0.1) is 0 Å². The number of rotatable bonds is 9. The van der Waals surface area contributed by atoms with E-state index < -0.39 is 29.7 Å². The van der Waals surface area contributed by atoms with Gasteiger partial charge in [0.25, 0.3) is 0 Å². The first-order valence-corrected chi connectivity index (χ1v) is 15.3. The van der Waals surface area contributed by atoms with Gasteiger partial charge in [-0.05, 0) is 30.9 Å². The molecule has 14 heteroatoms. The Kier molecular flexibility index (Phi) is 14.4. The third-order valence-electron chi connectivity index (χ3n) is 7.53. The molecule has 14 nitrogen and oxygen atoms in total. The molecule has 2 aromatic carbocycles. The molecule has 1 aliphatic carbocycles. The molecule has 1 unspecified atom stereocenters. The van der Waals surface area contributed by atoms with Crippen molar-refractivity contribution in [3.8, 4) is 0 Å². The van der Waals surface area contributed by atoms with Crippen LogP contribution in [0.2, 0.25) is 0 Å². The number of ether oxygens (including phenoxy) is 3. The summed E-state index contributed by atoms with van der Waals surface area (Å²) in [5.74, 6) is -5.99. The average molecular weight is 669 g/mol. The molecule has 258 valence electrons. The van der Waals surface area contributed by atoms with E-state index in [9.17, 15) is 24.0 Å². The Morgan fingerprint density at radius 1 is 0.750 bits per heavy atom. The summed E-state index contributed by atoms with van der Waals surface area (Å²) in [5.41, 5.74) is 4.90. The van der Waals surface area contributed by atoms with Crippen molar-refractivity contribution in [2.45, 2.75) is 31.7 Å². The van der Waals surface area contributed by atoms with Gasteiger partial charge in [0, 0.05) is 68.2 Å². The third kappa shape index (κ3) is 11.4. The SMILES string of the molecule is CCOC(=O)CN1CCN(CC2COC3(O2)c2ccccc2CCc2ccccc23)CC1.O=C(O)/C=C/C(=O)O.O=C(O)/C=C/C(=O)O. The molecule has 1 spiro atoms. The van der Waals surface area contributed by atoms with E-state index >= 15 is 0 Å². The Hall–Kier alpha value is -4.89. The molecule has 0 radical (unpaired) electrons. The zero-order valence-corrected chi connectivity index (χ0v) is 26.5. The average Bonchev–Trinajstić information content (AvgIpc) is 3.42. The molecule has 0 amide bonds. The molecule has 3 aliphatic rings. The number of aliphatic carboxylic acids is 4. The summed E-state index contributed by atoms with van der Waals surface area (Å²) < 4.78 is 18.4. The number of hydrogen-bond acceptors (Lipinski definition) is 10. The minimum absolute atomic E-state index is 0.00539. The van der Waals surface area contributed by atoms with Gasteiger partial charge in [-0.25, -0.2) is 19.2 Å². The molecule has 1 atom stereocenters. The summed E-state index contributed by atoms with van der Waals surface area (Å²) in [4.78, 5) is 54.6. The number of carboxylic acid groups (broad SMARTS) is 4. The van der Waals surface area contributed by atoms with Gasteiger partial charge in [0.1, 0.15) is 0 Å². The summed E-state index contributed by atoms with van der Waals surface area (Å²) in [5, 5.41) is 31.2. The molecule has 2 heterocycles. The smallest absolute Gasteiger partial charge is 0.328 e. The van der Waals surface area contributed by atoms with Gasteiger partial charge in [-0.15, -0.1) is 0 Å². The Labute approximate surface area is 277 Å². The lowest BCUT2D eigenvalue weighted by Gasteiger charge is -2.35. The van der Waals surface area contributed by atoms with Gasteiger partial charge in [0.2, 0.25) is 5.79 Å². The van der Waals surface area contributed by atoms with E-state index in [2.05, 4.69) is 58.3 Å². The van der Waals surface area contributed by atoms with Gasteiger partial charge < -0.3 is 34.6 Å². The van der Waals surface area contributed by atoms with E-state index in [4.69, 9.17) is 34.6 Å². The summed E-state index contributed by atoms with van der Waals surface area (Å²) in [6.07, 6.45) is 4.23. The Morgan fingerprint density at radius 3 is 1.62 bits per heavy atom. The van der Waals surface area contributed by atoms with Gasteiger partial charge in [0.05, 0.1) is 25.9 Å². The molecular formula is C34H40N2O12. The standard InChI is InChI=1S/C26H32N2O4.2C4H4O4/c1-2-30-25(29)18-28-15-13-27(14-16-28)17-22-19-31-26(32-22)23-9-5-3-7-20(23)11-12-21-8-4-6-10-24(21)26;2*5-3(6)1-2-4(7)8/h3-10,22H,2,11-19H2,1H3;2*1-2H,(H,5,6)(H,7,8)/b;2*2-1+. The number of piperazine rings is 1. The Bertz CT molecular complexity index is 1380. The van der Waals surface area contributed by atoms with Gasteiger partial charge >= 0.3 is 29.8 Å². The molecule has 0 bridgehead atoms. The van der Waals surface area contributed by atoms with Gasteiger partial charge in [0.15, 0.2) is 0 Å². The molecule has 2 saturated heterocycles. The van der Waals surface area contributed by atoms with Crippen molar-refractivity contribution in [3.63, 3.8) is 0 Å². The lowest BCUT2D eigenvalue weighted by molar-refractivity contribution is -0.147. The van der Waals surface area contributed by atoms with E-state index in [1.165, 1.54) is 11.1 Å². The number of esters is 1. The number of nitrogens with zero attached hydrogens (tertiary/aromatic N) is 2. The van der Waals surface area contributed by atoms with E-state index in [1.54, 1.807) is 0 Å². The van der Waals surface area contributed by atoms with Crippen LogP contribution in [0.1, 0.15) is 29.2 Å². The molecular weight excluding hydrogens is 628 g/mol. The minimum atomic E-state index is -1.26. The van der Waals surface area contributed by atoms with E-state index in [0.717, 1.165) is 56.7 Å². The van der Waals surface area contributed by atoms with Crippen LogP contribution >= 0.6 is 0 Å². The summed E-state index contributed by atoms with van der Waals surface area (Å²) >= 11 is 0. The van der Waals surface area contributed by atoms with E-state index in [0.29, 0.717) is 44.1 Å². The number of benzene rings is 2. The maximum absolute atomic E-state index is 11.8. The van der Waals surface area contributed by atoms with Crippen LogP contribution in [0.5, 0.6) is 0 Å². The molecule has 48 heavy (non-hydrogen) atoms. The zero-order valence-electron chi connectivity index (χ0n) is 26.5. The van der Waals surface area contributed by atoms with Crippen LogP contribution < -0.4 is 0 Å². The molecule has 2 aliphatic heterocycles. The van der Waals surface area contributed by atoms with Crippen LogP contribution in [0.15, 0.2) is 72.8 Å². The highest BCUT2D eigenvalue weighted by Gasteiger charge is 2.48. The molecule has 2 fully saturated rings. The number of fused-ring (bicyclic) bond motifs is 4. The first kappa shape index (κ1) is 37.6. The minimum Gasteiger partial charge on any atom is -0.478 e. The van der Waals surface area contributed by atoms with Gasteiger partial charge in [-0.3, -0.25) is 14.6 Å². The van der Waals surface area contributed by atoms with E-state index in [1.807, 2.05) is 6.92 Å².